The quantitative estimate of drug-likeness (QED) is 0.773. The molecule has 0 fully saturated rings. The van der Waals surface area contributed by atoms with Crippen LogP contribution in [0.3, 0.4) is 0 Å². The Balaban J connectivity index is 2.75. The van der Waals surface area contributed by atoms with Crippen molar-refractivity contribution < 1.29 is 9.53 Å². The summed E-state index contributed by atoms with van der Waals surface area (Å²) in [5, 5.41) is 0. The highest BCUT2D eigenvalue weighted by molar-refractivity contribution is 9.10. The number of ether oxygens (including phenoxy) is 1. The number of carbonyl (C=O) groups excluding carboxylic acids is 1. The summed E-state index contributed by atoms with van der Waals surface area (Å²) in [5.41, 5.74) is 1.96. The van der Waals surface area contributed by atoms with Crippen LogP contribution in [-0.4, -0.2) is 12.4 Å². The number of rotatable bonds is 5. The lowest BCUT2D eigenvalue weighted by atomic mass is 10.1. The van der Waals surface area contributed by atoms with E-state index in [9.17, 15) is 4.79 Å². The number of hydrogen-bond donors (Lipinski definition) is 0. The zero-order chi connectivity index (χ0) is 12.1. The zero-order valence-corrected chi connectivity index (χ0v) is 11.1. The average Bonchev–Trinajstić information content (AvgIpc) is 2.15. The minimum atomic E-state index is 0.155. The van der Waals surface area contributed by atoms with Gasteiger partial charge in [0.15, 0.2) is 0 Å². The fourth-order valence-corrected chi connectivity index (χ4v) is 1.80. The van der Waals surface area contributed by atoms with E-state index in [4.69, 9.17) is 4.74 Å². The van der Waals surface area contributed by atoms with E-state index in [-0.39, 0.29) is 5.78 Å². The van der Waals surface area contributed by atoms with Gasteiger partial charge in [0.05, 0.1) is 4.47 Å². The molecule has 0 aliphatic rings. The Morgan fingerprint density at radius 2 is 2.12 bits per heavy atom. The average molecular weight is 283 g/mol. The van der Waals surface area contributed by atoms with Crippen LogP contribution in [0, 0.1) is 0 Å². The Hall–Kier alpha value is -1.09. The fourth-order valence-electron chi connectivity index (χ4n) is 1.26. The third-order valence-electron chi connectivity index (χ3n) is 1.92. The third kappa shape index (κ3) is 4.19. The van der Waals surface area contributed by atoms with Gasteiger partial charge < -0.3 is 4.74 Å². The summed E-state index contributed by atoms with van der Waals surface area (Å²) in [6.07, 6.45) is 0.458. The molecule has 0 N–H and O–H groups in total. The first-order valence-electron chi connectivity index (χ1n) is 5.04. The highest BCUT2D eigenvalue weighted by atomic mass is 79.9. The lowest BCUT2D eigenvalue weighted by Gasteiger charge is -2.09. The van der Waals surface area contributed by atoms with Gasteiger partial charge in [0.2, 0.25) is 0 Å². The lowest BCUT2D eigenvalue weighted by molar-refractivity contribution is -0.116. The summed E-state index contributed by atoms with van der Waals surface area (Å²) in [6, 6.07) is 5.68. The van der Waals surface area contributed by atoms with Crippen molar-refractivity contribution in [1.29, 1.82) is 0 Å². The smallest absolute Gasteiger partial charge is 0.134 e. The van der Waals surface area contributed by atoms with Crippen LogP contribution in [0.15, 0.2) is 34.8 Å². The van der Waals surface area contributed by atoms with Gasteiger partial charge in [0, 0.05) is 6.42 Å². The second-order valence-electron chi connectivity index (χ2n) is 3.89. The van der Waals surface area contributed by atoms with Crippen molar-refractivity contribution in [3.8, 4) is 5.75 Å². The van der Waals surface area contributed by atoms with Gasteiger partial charge in [-0.3, -0.25) is 4.79 Å². The first-order chi connectivity index (χ1) is 7.49. The Morgan fingerprint density at radius 1 is 1.44 bits per heavy atom. The van der Waals surface area contributed by atoms with Crippen LogP contribution in [0.5, 0.6) is 5.75 Å². The Bertz CT molecular complexity index is 410. The molecular formula is C13H15BrO2. The van der Waals surface area contributed by atoms with Crippen molar-refractivity contribution in [2.45, 2.75) is 20.3 Å². The van der Waals surface area contributed by atoms with E-state index in [2.05, 4.69) is 22.5 Å². The SMILES string of the molecule is C=C(C)COc1ccc(CC(C)=O)cc1Br. The monoisotopic (exact) mass is 282 g/mol. The van der Waals surface area contributed by atoms with E-state index in [0.717, 1.165) is 21.4 Å². The maximum absolute atomic E-state index is 11.0. The molecule has 86 valence electrons. The highest BCUT2D eigenvalue weighted by Gasteiger charge is 2.04. The second kappa shape index (κ2) is 5.85. The van der Waals surface area contributed by atoms with Gasteiger partial charge in [-0.25, -0.2) is 0 Å². The molecule has 1 aromatic rings. The number of benzene rings is 1. The first kappa shape index (κ1) is 13.0. The van der Waals surface area contributed by atoms with E-state index in [1.807, 2.05) is 25.1 Å². The van der Waals surface area contributed by atoms with Crippen LogP contribution in [0.25, 0.3) is 0 Å². The number of Topliss-reactive ketones (excluding diaryl/α,β-unsaturated/α-hetero) is 1. The van der Waals surface area contributed by atoms with Crippen molar-refractivity contribution in [3.63, 3.8) is 0 Å². The maximum Gasteiger partial charge on any atom is 0.134 e. The standard InChI is InChI=1S/C13H15BrO2/c1-9(2)8-16-13-5-4-11(6-10(3)15)7-12(13)14/h4-5,7H,1,6,8H2,2-3H3. The Labute approximate surface area is 104 Å². The van der Waals surface area contributed by atoms with Gasteiger partial charge in [-0.2, -0.15) is 0 Å². The molecule has 0 saturated carbocycles. The predicted molar refractivity (Wildman–Crippen MR) is 68.8 cm³/mol. The van der Waals surface area contributed by atoms with Gasteiger partial charge in [0.1, 0.15) is 18.1 Å². The molecule has 1 aromatic carbocycles. The molecule has 0 heterocycles. The number of halogens is 1. The van der Waals surface area contributed by atoms with Crippen LogP contribution in [0.4, 0.5) is 0 Å². The molecule has 2 nitrogen and oxygen atoms in total. The number of hydrogen-bond acceptors (Lipinski definition) is 2. The van der Waals surface area contributed by atoms with Crippen LogP contribution in [0.2, 0.25) is 0 Å². The summed E-state index contributed by atoms with van der Waals surface area (Å²) in [6.45, 7) is 7.77. The molecule has 0 aliphatic carbocycles. The van der Waals surface area contributed by atoms with Crippen LogP contribution in [0.1, 0.15) is 19.4 Å². The molecule has 0 saturated heterocycles. The van der Waals surface area contributed by atoms with E-state index < -0.39 is 0 Å². The minimum absolute atomic E-state index is 0.155. The molecule has 0 aromatic heterocycles. The molecule has 0 radical (unpaired) electrons. The first-order valence-corrected chi connectivity index (χ1v) is 5.83. The number of carbonyl (C=O) groups is 1. The largest absolute Gasteiger partial charge is 0.488 e. The van der Waals surface area contributed by atoms with E-state index >= 15 is 0 Å². The highest BCUT2D eigenvalue weighted by Crippen LogP contribution is 2.26. The fraction of sp³-hybridized carbons (Fsp3) is 0.308. The Kier molecular flexibility index (Phi) is 4.74. The van der Waals surface area contributed by atoms with Gasteiger partial charge in [-0.15, -0.1) is 0 Å². The van der Waals surface area contributed by atoms with Crippen LogP contribution >= 0.6 is 15.9 Å². The molecule has 0 amide bonds. The van der Waals surface area contributed by atoms with Gasteiger partial charge >= 0.3 is 0 Å². The second-order valence-corrected chi connectivity index (χ2v) is 4.74. The third-order valence-corrected chi connectivity index (χ3v) is 2.54. The maximum atomic E-state index is 11.0. The molecule has 0 unspecified atom stereocenters. The van der Waals surface area contributed by atoms with E-state index in [0.29, 0.717) is 13.0 Å². The Morgan fingerprint density at radius 3 is 2.62 bits per heavy atom. The van der Waals surface area contributed by atoms with Gasteiger partial charge in [0.25, 0.3) is 0 Å². The van der Waals surface area contributed by atoms with Crippen molar-refractivity contribution in [1.82, 2.24) is 0 Å². The normalized spacial score (nSPS) is 9.94. The van der Waals surface area contributed by atoms with Crippen molar-refractivity contribution in [2.75, 3.05) is 6.61 Å². The van der Waals surface area contributed by atoms with Crippen LogP contribution in [-0.2, 0) is 11.2 Å². The molecular weight excluding hydrogens is 268 g/mol. The van der Waals surface area contributed by atoms with E-state index in [1.165, 1.54) is 0 Å². The topological polar surface area (TPSA) is 26.3 Å². The molecule has 0 bridgehead atoms. The molecule has 3 heteroatoms. The molecule has 0 aliphatic heterocycles. The van der Waals surface area contributed by atoms with Gasteiger partial charge in [-0.1, -0.05) is 12.6 Å². The summed E-state index contributed by atoms with van der Waals surface area (Å²) in [4.78, 5) is 11.0. The predicted octanol–water partition coefficient (Wildman–Crippen LogP) is 3.54. The van der Waals surface area contributed by atoms with Crippen LogP contribution < -0.4 is 4.74 Å². The van der Waals surface area contributed by atoms with Gasteiger partial charge in [-0.05, 0) is 53.0 Å². The summed E-state index contributed by atoms with van der Waals surface area (Å²) >= 11 is 3.42. The zero-order valence-electron chi connectivity index (χ0n) is 9.55. The molecule has 16 heavy (non-hydrogen) atoms. The molecule has 0 atom stereocenters. The van der Waals surface area contributed by atoms with Crippen molar-refractivity contribution in [3.05, 3.63) is 40.4 Å². The van der Waals surface area contributed by atoms with Crippen molar-refractivity contribution in [2.24, 2.45) is 0 Å². The molecule has 0 spiro atoms. The summed E-state index contributed by atoms with van der Waals surface area (Å²) < 4.78 is 6.39. The lowest BCUT2D eigenvalue weighted by Crippen LogP contribution is -2.00. The summed E-state index contributed by atoms with van der Waals surface area (Å²) in [7, 11) is 0. The van der Waals surface area contributed by atoms with E-state index in [1.54, 1.807) is 6.92 Å². The summed E-state index contributed by atoms with van der Waals surface area (Å²) in [5.74, 6) is 0.929. The number of ketones is 1. The minimum Gasteiger partial charge on any atom is -0.488 e. The van der Waals surface area contributed by atoms with Crippen molar-refractivity contribution >= 4 is 21.7 Å². The molecule has 1 rings (SSSR count).